The molecule has 1 N–H and O–H groups in total. The third-order valence-corrected chi connectivity index (χ3v) is 7.26. The number of anilines is 1. The SMILES string of the molecule is CN(CC#N)C(=O)C1(c2cccc(-c3cnc4c(c3Cl)C3(CC=CC3)CN4)c2)CC1. The van der Waals surface area contributed by atoms with Crippen LogP contribution in [0.2, 0.25) is 5.02 Å². The molecule has 1 aromatic carbocycles. The van der Waals surface area contributed by atoms with Crippen molar-refractivity contribution in [3.63, 3.8) is 0 Å². The van der Waals surface area contributed by atoms with Gasteiger partial charge in [-0.3, -0.25) is 4.79 Å². The molecule has 0 bridgehead atoms. The summed E-state index contributed by atoms with van der Waals surface area (Å²) in [6, 6.07) is 10.2. The number of fused-ring (bicyclic) bond motifs is 2. The van der Waals surface area contributed by atoms with E-state index in [9.17, 15) is 4.79 Å². The zero-order valence-corrected chi connectivity index (χ0v) is 17.7. The van der Waals surface area contributed by atoms with Crippen molar-refractivity contribution in [2.24, 2.45) is 0 Å². The Bertz CT molecular complexity index is 1100. The van der Waals surface area contributed by atoms with Crippen LogP contribution in [0.1, 0.15) is 36.8 Å². The molecule has 0 unspecified atom stereocenters. The van der Waals surface area contributed by atoms with Crippen LogP contribution >= 0.6 is 11.6 Å². The van der Waals surface area contributed by atoms with E-state index in [-0.39, 0.29) is 17.9 Å². The van der Waals surface area contributed by atoms with Gasteiger partial charge in [-0.15, -0.1) is 0 Å². The standard InChI is InChI=1S/C24H23ClN4O/c1-29(12-11-26)22(30)24(9-10-24)17-6-4-5-16(13-17)18-14-27-21-19(20(18)25)23(15-28-21)7-2-3-8-23/h2-6,13-14H,7-10,12,15H2,1H3,(H,27,28). The molecule has 1 aromatic heterocycles. The van der Waals surface area contributed by atoms with Gasteiger partial charge in [-0.05, 0) is 42.9 Å². The number of hydrogen-bond acceptors (Lipinski definition) is 4. The normalized spacial score (nSPS) is 19.2. The number of aromatic nitrogens is 1. The first kappa shape index (κ1) is 19.1. The summed E-state index contributed by atoms with van der Waals surface area (Å²) in [7, 11) is 1.69. The highest BCUT2D eigenvalue weighted by Crippen LogP contribution is 2.52. The van der Waals surface area contributed by atoms with Gasteiger partial charge in [0, 0.05) is 36.3 Å². The van der Waals surface area contributed by atoms with Gasteiger partial charge in [0.2, 0.25) is 5.91 Å². The number of nitrogens with zero attached hydrogens (tertiary/aromatic N) is 3. The highest BCUT2D eigenvalue weighted by Gasteiger charge is 2.52. The summed E-state index contributed by atoms with van der Waals surface area (Å²) in [6.07, 6.45) is 9.83. The van der Waals surface area contributed by atoms with Crippen LogP contribution in [0, 0.1) is 11.3 Å². The summed E-state index contributed by atoms with van der Waals surface area (Å²) in [5, 5.41) is 13.1. The van der Waals surface area contributed by atoms with Gasteiger partial charge in [0.25, 0.3) is 0 Å². The summed E-state index contributed by atoms with van der Waals surface area (Å²) < 4.78 is 0. The lowest BCUT2D eigenvalue weighted by Gasteiger charge is -2.25. The highest BCUT2D eigenvalue weighted by molar-refractivity contribution is 6.34. The van der Waals surface area contributed by atoms with E-state index in [2.05, 4.69) is 34.6 Å². The molecule has 5 nitrogen and oxygen atoms in total. The number of pyridine rings is 1. The number of carbonyl (C=O) groups is 1. The second-order valence-corrected chi connectivity index (χ2v) is 9.08. The molecule has 1 spiro atoms. The van der Waals surface area contributed by atoms with Crippen LogP contribution in [-0.2, 0) is 15.6 Å². The maximum Gasteiger partial charge on any atom is 0.233 e. The predicted molar refractivity (Wildman–Crippen MR) is 117 cm³/mol. The molecule has 0 radical (unpaired) electrons. The van der Waals surface area contributed by atoms with Crippen molar-refractivity contribution < 1.29 is 4.79 Å². The van der Waals surface area contributed by atoms with Crippen LogP contribution in [0.4, 0.5) is 5.82 Å². The predicted octanol–water partition coefficient (Wildman–Crippen LogP) is 4.43. The lowest BCUT2D eigenvalue weighted by atomic mass is 9.80. The molecule has 1 amide bonds. The summed E-state index contributed by atoms with van der Waals surface area (Å²) >= 11 is 6.98. The number of likely N-dealkylation sites (N-methyl/N-ethyl adjacent to an activating group) is 1. The Morgan fingerprint density at radius 3 is 2.80 bits per heavy atom. The summed E-state index contributed by atoms with van der Waals surface area (Å²) in [6.45, 7) is 0.957. The fourth-order valence-electron chi connectivity index (χ4n) is 4.98. The van der Waals surface area contributed by atoms with E-state index in [4.69, 9.17) is 16.9 Å². The van der Waals surface area contributed by atoms with Gasteiger partial charge in [0.15, 0.2) is 0 Å². The van der Waals surface area contributed by atoms with E-state index in [1.807, 2.05) is 24.4 Å². The smallest absolute Gasteiger partial charge is 0.233 e. The Morgan fingerprint density at radius 2 is 2.10 bits per heavy atom. The average molecular weight is 419 g/mol. The Morgan fingerprint density at radius 1 is 1.33 bits per heavy atom. The first-order valence-corrected chi connectivity index (χ1v) is 10.7. The van der Waals surface area contributed by atoms with Crippen LogP contribution in [0.3, 0.4) is 0 Å². The monoisotopic (exact) mass is 418 g/mol. The lowest BCUT2D eigenvalue weighted by Crippen LogP contribution is -2.36. The maximum absolute atomic E-state index is 13.0. The quantitative estimate of drug-likeness (QED) is 0.589. The largest absolute Gasteiger partial charge is 0.369 e. The van der Waals surface area contributed by atoms with Gasteiger partial charge in [-0.25, -0.2) is 4.98 Å². The molecule has 30 heavy (non-hydrogen) atoms. The molecular weight excluding hydrogens is 396 g/mol. The molecule has 152 valence electrons. The molecular formula is C24H23ClN4O. The van der Waals surface area contributed by atoms with Crippen molar-refractivity contribution in [3.8, 4) is 17.2 Å². The second-order valence-electron chi connectivity index (χ2n) is 8.71. The number of hydrogen-bond donors (Lipinski definition) is 1. The van der Waals surface area contributed by atoms with Gasteiger partial charge in [0.05, 0.1) is 16.5 Å². The van der Waals surface area contributed by atoms with Gasteiger partial charge >= 0.3 is 0 Å². The number of benzene rings is 1. The van der Waals surface area contributed by atoms with Crippen molar-refractivity contribution in [3.05, 3.63) is 58.8 Å². The zero-order valence-electron chi connectivity index (χ0n) is 16.9. The Balaban J connectivity index is 1.54. The Hall–Kier alpha value is -2.84. The first-order valence-electron chi connectivity index (χ1n) is 10.3. The van der Waals surface area contributed by atoms with Crippen molar-refractivity contribution in [1.82, 2.24) is 9.88 Å². The van der Waals surface area contributed by atoms with E-state index in [1.165, 1.54) is 4.90 Å². The molecule has 1 saturated carbocycles. The third kappa shape index (κ3) is 2.74. The van der Waals surface area contributed by atoms with E-state index in [0.717, 1.165) is 65.3 Å². The van der Waals surface area contributed by atoms with Crippen molar-refractivity contribution in [2.75, 3.05) is 25.5 Å². The molecule has 2 aliphatic carbocycles. The van der Waals surface area contributed by atoms with E-state index < -0.39 is 5.41 Å². The summed E-state index contributed by atoms with van der Waals surface area (Å²) in [4.78, 5) is 19.2. The molecule has 1 aliphatic heterocycles. The molecule has 2 aromatic rings. The van der Waals surface area contributed by atoms with Gasteiger partial charge in [0.1, 0.15) is 12.4 Å². The minimum absolute atomic E-state index is 0.000719. The first-order chi connectivity index (χ1) is 14.5. The number of nitriles is 1. The molecule has 5 rings (SSSR count). The third-order valence-electron chi connectivity index (χ3n) is 6.86. The van der Waals surface area contributed by atoms with Crippen LogP contribution < -0.4 is 5.32 Å². The highest BCUT2D eigenvalue weighted by atomic mass is 35.5. The molecule has 6 heteroatoms. The number of allylic oxidation sites excluding steroid dienone is 2. The topological polar surface area (TPSA) is 69.0 Å². The number of amides is 1. The minimum Gasteiger partial charge on any atom is -0.369 e. The van der Waals surface area contributed by atoms with Crippen LogP contribution in [0.5, 0.6) is 0 Å². The lowest BCUT2D eigenvalue weighted by molar-refractivity contribution is -0.132. The molecule has 0 atom stereocenters. The van der Waals surface area contributed by atoms with Crippen molar-refractivity contribution >= 4 is 23.3 Å². The van der Waals surface area contributed by atoms with Crippen LogP contribution in [0.15, 0.2) is 42.6 Å². The van der Waals surface area contributed by atoms with Crippen molar-refractivity contribution in [1.29, 1.82) is 5.26 Å². The van der Waals surface area contributed by atoms with E-state index in [0.29, 0.717) is 0 Å². The van der Waals surface area contributed by atoms with Gasteiger partial charge < -0.3 is 10.2 Å². The minimum atomic E-state index is -0.517. The number of halogens is 1. The zero-order chi connectivity index (χ0) is 20.9. The van der Waals surface area contributed by atoms with E-state index in [1.54, 1.807) is 7.05 Å². The molecule has 0 saturated heterocycles. The summed E-state index contributed by atoms with van der Waals surface area (Å²) in [5.74, 6) is 0.898. The number of nitrogens with one attached hydrogen (secondary N) is 1. The van der Waals surface area contributed by atoms with Crippen molar-refractivity contribution in [2.45, 2.75) is 36.5 Å². The maximum atomic E-state index is 13.0. The van der Waals surface area contributed by atoms with Crippen LogP contribution in [-0.4, -0.2) is 35.9 Å². The Kier molecular flexibility index (Phi) is 4.37. The van der Waals surface area contributed by atoms with Crippen LogP contribution in [0.25, 0.3) is 11.1 Å². The fourth-order valence-corrected chi connectivity index (χ4v) is 5.43. The molecule has 1 fully saturated rings. The van der Waals surface area contributed by atoms with E-state index >= 15 is 0 Å². The molecule has 2 heterocycles. The van der Waals surface area contributed by atoms with Gasteiger partial charge in [-0.2, -0.15) is 5.26 Å². The molecule has 3 aliphatic rings. The second kappa shape index (κ2) is 6.85. The van der Waals surface area contributed by atoms with Gasteiger partial charge in [-0.1, -0.05) is 42.0 Å². The number of rotatable bonds is 4. The average Bonchev–Trinajstić information content (AvgIpc) is 3.30. The number of carbonyl (C=O) groups excluding carboxylic acids is 1. The Labute approximate surface area is 181 Å². The summed E-state index contributed by atoms with van der Waals surface area (Å²) in [5.41, 5.74) is 3.46. The fraction of sp³-hybridized carbons (Fsp3) is 0.375.